The number of ether oxygens (including phenoxy) is 3. The third kappa shape index (κ3) is 4.10. The molecular weight excluding hydrogens is 308 g/mol. The Balaban J connectivity index is 1.52. The monoisotopic (exact) mass is 328 g/mol. The number of rotatable bonds is 6. The molecule has 0 aliphatic carbocycles. The summed E-state index contributed by atoms with van der Waals surface area (Å²) in [6.07, 6.45) is 0. The molecule has 24 heavy (non-hydrogen) atoms. The largest absolute Gasteiger partial charge is 0.494 e. The van der Waals surface area contributed by atoms with Crippen LogP contribution >= 0.6 is 0 Å². The zero-order valence-corrected chi connectivity index (χ0v) is 13.5. The maximum Gasteiger partial charge on any atom is 0.243 e. The normalized spacial score (nSPS) is 12.4. The molecule has 0 unspecified atom stereocenters. The zero-order valence-electron chi connectivity index (χ0n) is 13.5. The summed E-state index contributed by atoms with van der Waals surface area (Å²) in [6.45, 7) is 3.80. The first-order chi connectivity index (χ1) is 11.7. The van der Waals surface area contributed by atoms with E-state index in [9.17, 15) is 4.79 Å². The number of anilines is 2. The maximum absolute atomic E-state index is 12.0. The number of amides is 1. The van der Waals surface area contributed by atoms with E-state index in [0.29, 0.717) is 25.6 Å². The van der Waals surface area contributed by atoms with Gasteiger partial charge in [-0.15, -0.1) is 0 Å². The van der Waals surface area contributed by atoms with Crippen molar-refractivity contribution >= 4 is 17.3 Å². The molecule has 126 valence electrons. The SMILES string of the molecule is CCOc1ccc(NC(=O)CNc2ccc3c(c2)OCCO3)cc1. The summed E-state index contributed by atoms with van der Waals surface area (Å²) >= 11 is 0. The van der Waals surface area contributed by atoms with Crippen LogP contribution in [0, 0.1) is 0 Å². The predicted octanol–water partition coefficient (Wildman–Crippen LogP) is 2.91. The number of carbonyl (C=O) groups excluding carboxylic acids is 1. The van der Waals surface area contributed by atoms with Crippen LogP contribution in [0.2, 0.25) is 0 Å². The summed E-state index contributed by atoms with van der Waals surface area (Å²) in [7, 11) is 0. The molecule has 0 bridgehead atoms. The molecule has 0 fully saturated rings. The minimum absolute atomic E-state index is 0.131. The van der Waals surface area contributed by atoms with Crippen LogP contribution in [-0.2, 0) is 4.79 Å². The summed E-state index contributed by atoms with van der Waals surface area (Å²) in [4.78, 5) is 12.0. The van der Waals surface area contributed by atoms with Gasteiger partial charge in [-0.3, -0.25) is 4.79 Å². The highest BCUT2D eigenvalue weighted by molar-refractivity contribution is 5.93. The molecule has 0 aromatic heterocycles. The van der Waals surface area contributed by atoms with Gasteiger partial charge in [0.2, 0.25) is 5.91 Å². The van der Waals surface area contributed by atoms with Crippen LogP contribution in [0.4, 0.5) is 11.4 Å². The van der Waals surface area contributed by atoms with Gasteiger partial charge in [0.15, 0.2) is 11.5 Å². The Morgan fingerprint density at radius 1 is 1.04 bits per heavy atom. The summed E-state index contributed by atoms with van der Waals surface area (Å²) in [5.41, 5.74) is 1.54. The van der Waals surface area contributed by atoms with E-state index >= 15 is 0 Å². The van der Waals surface area contributed by atoms with Gasteiger partial charge in [-0.1, -0.05) is 0 Å². The quantitative estimate of drug-likeness (QED) is 0.853. The molecule has 1 amide bonds. The van der Waals surface area contributed by atoms with Crippen molar-refractivity contribution in [1.29, 1.82) is 0 Å². The molecule has 2 aromatic carbocycles. The number of hydrogen-bond acceptors (Lipinski definition) is 5. The third-order valence-corrected chi connectivity index (χ3v) is 3.44. The second kappa shape index (κ2) is 7.59. The molecule has 3 rings (SSSR count). The maximum atomic E-state index is 12.0. The van der Waals surface area contributed by atoms with Gasteiger partial charge in [-0.25, -0.2) is 0 Å². The smallest absolute Gasteiger partial charge is 0.243 e. The Morgan fingerprint density at radius 2 is 1.75 bits per heavy atom. The minimum atomic E-state index is -0.131. The van der Waals surface area contributed by atoms with Crippen molar-refractivity contribution in [2.75, 3.05) is 37.0 Å². The fraction of sp³-hybridized carbons (Fsp3) is 0.278. The molecule has 0 saturated heterocycles. The van der Waals surface area contributed by atoms with E-state index < -0.39 is 0 Å². The highest BCUT2D eigenvalue weighted by Gasteiger charge is 2.12. The van der Waals surface area contributed by atoms with E-state index in [1.807, 2.05) is 49.4 Å². The van der Waals surface area contributed by atoms with Crippen molar-refractivity contribution in [2.24, 2.45) is 0 Å². The van der Waals surface area contributed by atoms with E-state index in [1.165, 1.54) is 0 Å². The Hall–Kier alpha value is -2.89. The number of carbonyl (C=O) groups is 1. The van der Waals surface area contributed by atoms with Gasteiger partial charge in [-0.05, 0) is 43.3 Å². The number of hydrogen-bond donors (Lipinski definition) is 2. The van der Waals surface area contributed by atoms with Gasteiger partial charge in [0.05, 0.1) is 13.2 Å². The molecular formula is C18H20N2O4. The van der Waals surface area contributed by atoms with E-state index in [1.54, 1.807) is 0 Å². The van der Waals surface area contributed by atoms with Crippen molar-refractivity contribution in [3.8, 4) is 17.2 Å². The molecule has 0 spiro atoms. The Bertz CT molecular complexity index is 701. The van der Waals surface area contributed by atoms with Crippen LogP contribution in [0.5, 0.6) is 17.2 Å². The lowest BCUT2D eigenvalue weighted by molar-refractivity contribution is -0.114. The molecule has 0 atom stereocenters. The molecule has 2 N–H and O–H groups in total. The van der Waals surface area contributed by atoms with E-state index in [4.69, 9.17) is 14.2 Å². The van der Waals surface area contributed by atoms with E-state index in [-0.39, 0.29) is 12.5 Å². The predicted molar refractivity (Wildman–Crippen MR) is 92.2 cm³/mol. The first kappa shape index (κ1) is 16.0. The second-order valence-corrected chi connectivity index (χ2v) is 5.22. The molecule has 1 aliphatic rings. The highest BCUT2D eigenvalue weighted by atomic mass is 16.6. The van der Waals surface area contributed by atoms with Crippen molar-refractivity contribution < 1.29 is 19.0 Å². The van der Waals surface area contributed by atoms with Crippen LogP contribution in [0.1, 0.15) is 6.92 Å². The van der Waals surface area contributed by atoms with Crippen LogP contribution < -0.4 is 24.8 Å². The fourth-order valence-electron chi connectivity index (χ4n) is 2.34. The van der Waals surface area contributed by atoms with Gasteiger partial charge >= 0.3 is 0 Å². The second-order valence-electron chi connectivity index (χ2n) is 5.22. The van der Waals surface area contributed by atoms with Gasteiger partial charge in [0.1, 0.15) is 19.0 Å². The Labute approximate surface area is 140 Å². The molecule has 0 radical (unpaired) electrons. The van der Waals surface area contributed by atoms with Gasteiger partial charge in [-0.2, -0.15) is 0 Å². The first-order valence-corrected chi connectivity index (χ1v) is 7.91. The number of benzene rings is 2. The van der Waals surface area contributed by atoms with Crippen molar-refractivity contribution in [2.45, 2.75) is 6.92 Å². The van der Waals surface area contributed by atoms with Gasteiger partial charge in [0.25, 0.3) is 0 Å². The molecule has 1 heterocycles. The average Bonchev–Trinajstić information content (AvgIpc) is 2.62. The highest BCUT2D eigenvalue weighted by Crippen LogP contribution is 2.32. The minimum Gasteiger partial charge on any atom is -0.494 e. The summed E-state index contributed by atoms with van der Waals surface area (Å²) in [6, 6.07) is 12.8. The number of fused-ring (bicyclic) bond motifs is 1. The third-order valence-electron chi connectivity index (χ3n) is 3.44. The summed E-state index contributed by atoms with van der Waals surface area (Å²) in [5, 5.41) is 5.91. The molecule has 2 aromatic rings. The van der Waals surface area contributed by atoms with E-state index in [0.717, 1.165) is 22.9 Å². The topological polar surface area (TPSA) is 68.8 Å². The Morgan fingerprint density at radius 3 is 2.50 bits per heavy atom. The Kier molecular flexibility index (Phi) is 5.05. The lowest BCUT2D eigenvalue weighted by atomic mass is 10.2. The summed E-state index contributed by atoms with van der Waals surface area (Å²) in [5.74, 6) is 2.07. The molecule has 6 nitrogen and oxygen atoms in total. The average molecular weight is 328 g/mol. The van der Waals surface area contributed by atoms with Crippen LogP contribution in [0.3, 0.4) is 0 Å². The molecule has 0 saturated carbocycles. The van der Waals surface area contributed by atoms with Gasteiger partial charge in [0, 0.05) is 17.4 Å². The van der Waals surface area contributed by atoms with Crippen LogP contribution in [0.15, 0.2) is 42.5 Å². The van der Waals surface area contributed by atoms with Gasteiger partial charge < -0.3 is 24.8 Å². The summed E-state index contributed by atoms with van der Waals surface area (Å²) < 4.78 is 16.4. The molecule has 6 heteroatoms. The lowest BCUT2D eigenvalue weighted by Gasteiger charge is -2.19. The van der Waals surface area contributed by atoms with Crippen molar-refractivity contribution in [3.05, 3.63) is 42.5 Å². The standard InChI is InChI=1S/C18H20N2O4/c1-2-22-15-6-3-13(4-7-15)20-18(21)12-19-14-5-8-16-17(11-14)24-10-9-23-16/h3-8,11,19H,2,9-10,12H2,1H3,(H,20,21). The lowest BCUT2D eigenvalue weighted by Crippen LogP contribution is -2.22. The fourth-order valence-corrected chi connectivity index (χ4v) is 2.34. The molecule has 1 aliphatic heterocycles. The van der Waals surface area contributed by atoms with Crippen molar-refractivity contribution in [3.63, 3.8) is 0 Å². The van der Waals surface area contributed by atoms with Crippen LogP contribution in [0.25, 0.3) is 0 Å². The number of nitrogens with one attached hydrogen (secondary N) is 2. The van der Waals surface area contributed by atoms with Crippen LogP contribution in [-0.4, -0.2) is 32.3 Å². The first-order valence-electron chi connectivity index (χ1n) is 7.91. The van der Waals surface area contributed by atoms with E-state index in [2.05, 4.69) is 10.6 Å². The van der Waals surface area contributed by atoms with Crippen molar-refractivity contribution in [1.82, 2.24) is 0 Å². The zero-order chi connectivity index (χ0) is 16.8.